The summed E-state index contributed by atoms with van der Waals surface area (Å²) in [4.78, 5) is 32.5. The predicted octanol–water partition coefficient (Wildman–Crippen LogP) is 3.91. The van der Waals surface area contributed by atoms with Crippen molar-refractivity contribution in [3.63, 3.8) is 0 Å². The first-order chi connectivity index (χ1) is 14.8. The van der Waals surface area contributed by atoms with Gasteiger partial charge in [0.2, 0.25) is 0 Å². The molecule has 0 fully saturated rings. The van der Waals surface area contributed by atoms with Crippen molar-refractivity contribution in [2.45, 2.75) is 40.3 Å². The van der Waals surface area contributed by atoms with Gasteiger partial charge in [-0.3, -0.25) is 19.3 Å². The normalized spacial score (nSPS) is 11.3. The molecule has 0 saturated carbocycles. The summed E-state index contributed by atoms with van der Waals surface area (Å²) in [7, 11) is 0. The topological polar surface area (TPSA) is 92.7 Å². The van der Waals surface area contributed by atoms with E-state index in [0.717, 1.165) is 33.3 Å². The fourth-order valence-corrected chi connectivity index (χ4v) is 3.81. The molecule has 0 atom stereocenters. The minimum absolute atomic E-state index is 0.145. The lowest BCUT2D eigenvalue weighted by Crippen LogP contribution is -2.28. The summed E-state index contributed by atoms with van der Waals surface area (Å²) >= 11 is 0. The Hall–Kier alpha value is -3.74. The highest BCUT2D eigenvalue weighted by molar-refractivity contribution is 6.08. The molecule has 3 heterocycles. The molecule has 4 aromatic rings. The summed E-state index contributed by atoms with van der Waals surface area (Å²) in [6.45, 7) is 7.96. The summed E-state index contributed by atoms with van der Waals surface area (Å²) in [5.41, 5.74) is 5.22. The van der Waals surface area contributed by atoms with E-state index in [9.17, 15) is 9.59 Å². The zero-order valence-corrected chi connectivity index (χ0v) is 18.1. The van der Waals surface area contributed by atoms with Gasteiger partial charge in [-0.15, -0.1) is 0 Å². The molecule has 158 valence electrons. The highest BCUT2D eigenvalue weighted by atomic mass is 16.1. The number of fused-ring (bicyclic) bond motifs is 1. The van der Waals surface area contributed by atoms with E-state index >= 15 is 0 Å². The van der Waals surface area contributed by atoms with Crippen LogP contribution >= 0.6 is 0 Å². The Morgan fingerprint density at radius 2 is 1.97 bits per heavy atom. The van der Waals surface area contributed by atoms with Crippen LogP contribution in [0.3, 0.4) is 0 Å². The molecule has 4 rings (SSSR count). The van der Waals surface area contributed by atoms with Crippen LogP contribution in [0.4, 0.5) is 0 Å². The van der Waals surface area contributed by atoms with E-state index in [2.05, 4.69) is 34.2 Å². The quantitative estimate of drug-likeness (QED) is 0.517. The van der Waals surface area contributed by atoms with Gasteiger partial charge >= 0.3 is 0 Å². The number of carbonyl (C=O) groups is 1. The van der Waals surface area contributed by atoms with Gasteiger partial charge in [0.1, 0.15) is 0 Å². The van der Waals surface area contributed by atoms with Gasteiger partial charge in [0, 0.05) is 47.2 Å². The molecule has 2 N–H and O–H groups in total. The van der Waals surface area contributed by atoms with Crippen LogP contribution in [0.2, 0.25) is 0 Å². The van der Waals surface area contributed by atoms with Gasteiger partial charge in [-0.1, -0.05) is 6.07 Å². The zero-order valence-electron chi connectivity index (χ0n) is 18.1. The number of aryl methyl sites for hydroxylation is 2. The van der Waals surface area contributed by atoms with Crippen molar-refractivity contribution in [2.24, 2.45) is 0 Å². The molecule has 7 heteroatoms. The molecule has 0 unspecified atom stereocenters. The van der Waals surface area contributed by atoms with E-state index in [-0.39, 0.29) is 24.1 Å². The lowest BCUT2D eigenvalue weighted by atomic mass is 10.0. The number of amides is 1. The Labute approximate surface area is 180 Å². The third kappa shape index (κ3) is 3.99. The maximum Gasteiger partial charge on any atom is 0.253 e. The first kappa shape index (κ1) is 20.5. The molecule has 0 aliphatic heterocycles. The average Bonchev–Trinajstić information content (AvgIpc) is 3.17. The van der Waals surface area contributed by atoms with E-state index in [1.54, 1.807) is 18.6 Å². The number of rotatable bonds is 5. The molecule has 0 radical (unpaired) electrons. The maximum atomic E-state index is 13.2. The monoisotopic (exact) mass is 415 g/mol. The van der Waals surface area contributed by atoms with E-state index in [1.165, 1.54) is 0 Å². The van der Waals surface area contributed by atoms with Crippen molar-refractivity contribution in [3.8, 4) is 11.1 Å². The van der Waals surface area contributed by atoms with Crippen molar-refractivity contribution < 1.29 is 4.79 Å². The highest BCUT2D eigenvalue weighted by Crippen LogP contribution is 2.29. The maximum absolute atomic E-state index is 13.2. The van der Waals surface area contributed by atoms with E-state index in [0.29, 0.717) is 11.1 Å². The number of hydrogen-bond acceptors (Lipinski definition) is 4. The Morgan fingerprint density at radius 1 is 1.16 bits per heavy atom. The second-order valence-electron chi connectivity index (χ2n) is 8.01. The van der Waals surface area contributed by atoms with E-state index in [1.807, 2.05) is 48.9 Å². The van der Waals surface area contributed by atoms with Crippen LogP contribution in [0.1, 0.15) is 47.1 Å². The number of H-pyrrole nitrogens is 1. The second-order valence-corrected chi connectivity index (χ2v) is 8.01. The number of benzene rings is 1. The van der Waals surface area contributed by atoms with Gasteiger partial charge < -0.3 is 10.3 Å². The van der Waals surface area contributed by atoms with Crippen molar-refractivity contribution in [1.29, 1.82) is 0 Å². The van der Waals surface area contributed by atoms with E-state index in [4.69, 9.17) is 0 Å². The second kappa shape index (κ2) is 8.18. The van der Waals surface area contributed by atoms with Crippen LogP contribution in [0.15, 0.2) is 53.7 Å². The molecule has 1 aromatic carbocycles. The fourth-order valence-electron chi connectivity index (χ4n) is 3.81. The third-order valence-electron chi connectivity index (χ3n) is 5.36. The Balaban J connectivity index is 1.75. The van der Waals surface area contributed by atoms with Gasteiger partial charge in [0.05, 0.1) is 17.3 Å². The van der Waals surface area contributed by atoms with Gasteiger partial charge in [-0.25, -0.2) is 0 Å². The van der Waals surface area contributed by atoms with Gasteiger partial charge in [-0.2, -0.15) is 5.10 Å². The van der Waals surface area contributed by atoms with Gasteiger partial charge in [0.15, 0.2) is 0 Å². The molecule has 7 nitrogen and oxygen atoms in total. The van der Waals surface area contributed by atoms with E-state index < -0.39 is 0 Å². The lowest BCUT2D eigenvalue weighted by molar-refractivity contribution is 0.0952. The Morgan fingerprint density at radius 3 is 2.65 bits per heavy atom. The number of aromatic nitrogens is 4. The number of nitrogens with one attached hydrogen (secondary N) is 2. The van der Waals surface area contributed by atoms with Crippen molar-refractivity contribution in [3.05, 3.63) is 81.7 Å². The first-order valence-electron chi connectivity index (χ1n) is 10.2. The molecular weight excluding hydrogens is 390 g/mol. The third-order valence-corrected chi connectivity index (χ3v) is 5.36. The minimum atomic E-state index is -0.251. The standard InChI is InChI=1S/C24H25N5O2/c1-14(2)29-22-10-18(17-6-5-7-25-11-17)9-19(21(22)13-27-29)23(30)26-12-20-15(3)8-16(4)28-24(20)31/h5-11,13-14H,12H2,1-4H3,(H,26,30)(H,28,31). The summed E-state index contributed by atoms with van der Waals surface area (Å²) in [6.07, 6.45) is 5.21. The molecular formula is C24H25N5O2. The largest absolute Gasteiger partial charge is 0.348 e. The van der Waals surface area contributed by atoms with Crippen LogP contribution in [0.5, 0.6) is 0 Å². The van der Waals surface area contributed by atoms with Crippen molar-refractivity contribution in [2.75, 3.05) is 0 Å². The smallest absolute Gasteiger partial charge is 0.253 e. The van der Waals surface area contributed by atoms with Crippen molar-refractivity contribution in [1.82, 2.24) is 25.1 Å². The van der Waals surface area contributed by atoms with Gasteiger partial charge in [0.25, 0.3) is 11.5 Å². The minimum Gasteiger partial charge on any atom is -0.348 e. The van der Waals surface area contributed by atoms with Crippen LogP contribution in [0.25, 0.3) is 22.0 Å². The van der Waals surface area contributed by atoms with Gasteiger partial charge in [-0.05, 0) is 63.1 Å². The molecule has 0 bridgehead atoms. The number of pyridine rings is 2. The summed E-state index contributed by atoms with van der Waals surface area (Å²) in [6, 6.07) is 9.76. The SMILES string of the molecule is Cc1cc(C)c(CNC(=O)c2cc(-c3cccnc3)cc3c2cnn3C(C)C)c(=O)[nH]1. The zero-order chi connectivity index (χ0) is 22.1. The number of nitrogens with zero attached hydrogens (tertiary/aromatic N) is 3. The van der Waals surface area contributed by atoms with Crippen LogP contribution in [0, 0.1) is 13.8 Å². The van der Waals surface area contributed by atoms with Crippen LogP contribution in [-0.4, -0.2) is 25.7 Å². The molecule has 0 spiro atoms. The molecule has 0 saturated heterocycles. The Bertz CT molecular complexity index is 1320. The average molecular weight is 415 g/mol. The van der Waals surface area contributed by atoms with Crippen LogP contribution in [-0.2, 0) is 6.54 Å². The molecule has 31 heavy (non-hydrogen) atoms. The summed E-state index contributed by atoms with van der Waals surface area (Å²) in [5, 5.41) is 8.18. The molecule has 0 aliphatic carbocycles. The summed E-state index contributed by atoms with van der Waals surface area (Å²) < 4.78 is 1.90. The number of carbonyl (C=O) groups excluding carboxylic acids is 1. The fraction of sp³-hybridized carbons (Fsp3) is 0.250. The number of hydrogen-bond donors (Lipinski definition) is 2. The predicted molar refractivity (Wildman–Crippen MR) is 121 cm³/mol. The lowest BCUT2D eigenvalue weighted by Gasteiger charge is -2.12. The number of aromatic amines is 1. The molecule has 1 amide bonds. The van der Waals surface area contributed by atoms with Crippen LogP contribution < -0.4 is 10.9 Å². The Kier molecular flexibility index (Phi) is 5.42. The molecule has 3 aromatic heterocycles. The molecule has 0 aliphatic rings. The highest BCUT2D eigenvalue weighted by Gasteiger charge is 2.18. The summed E-state index contributed by atoms with van der Waals surface area (Å²) in [5.74, 6) is -0.251. The first-order valence-corrected chi connectivity index (χ1v) is 10.2. The van der Waals surface area contributed by atoms with Crippen molar-refractivity contribution >= 4 is 16.8 Å².